The molecule has 0 bridgehead atoms. The summed E-state index contributed by atoms with van der Waals surface area (Å²) in [5.74, 6) is -1.58. The molecule has 2 aliphatic rings. The van der Waals surface area contributed by atoms with Crippen LogP contribution < -0.4 is 16.4 Å². The van der Waals surface area contributed by atoms with E-state index in [1.54, 1.807) is 49.9 Å². The molecule has 0 unspecified atom stereocenters. The lowest BCUT2D eigenvalue weighted by Gasteiger charge is -2.28. The first-order chi connectivity index (χ1) is 14.6. The third kappa shape index (κ3) is 4.76. The number of hydrogen-bond acceptors (Lipinski definition) is 5. The molecule has 8 nitrogen and oxygen atoms in total. The summed E-state index contributed by atoms with van der Waals surface area (Å²) >= 11 is 0. The molecule has 4 atom stereocenters. The van der Waals surface area contributed by atoms with Crippen molar-refractivity contribution in [1.82, 2.24) is 10.2 Å². The molecule has 5 N–H and O–H groups in total. The zero-order chi connectivity index (χ0) is 22.9. The van der Waals surface area contributed by atoms with E-state index in [0.717, 1.165) is 6.42 Å². The average Bonchev–Trinajstić information content (AvgIpc) is 3.39. The Balaban J connectivity index is 1.67. The van der Waals surface area contributed by atoms with Crippen LogP contribution >= 0.6 is 0 Å². The molecule has 2 fully saturated rings. The number of carbonyl (C=O) groups is 3. The highest BCUT2D eigenvalue weighted by molar-refractivity contribution is 6.44. The van der Waals surface area contributed by atoms with Gasteiger partial charge in [-0.25, -0.2) is 4.39 Å². The molecule has 9 heteroatoms. The van der Waals surface area contributed by atoms with Crippen molar-refractivity contribution in [2.45, 2.75) is 51.7 Å². The number of halogens is 1. The van der Waals surface area contributed by atoms with E-state index in [4.69, 9.17) is 11.1 Å². The van der Waals surface area contributed by atoms with E-state index in [9.17, 15) is 18.8 Å². The van der Waals surface area contributed by atoms with E-state index in [1.807, 2.05) is 0 Å². The van der Waals surface area contributed by atoms with E-state index >= 15 is 0 Å². The number of carbonyl (C=O) groups excluding carboxylic acids is 3. The van der Waals surface area contributed by atoms with Gasteiger partial charge in [-0.05, 0) is 51.2 Å². The monoisotopic (exact) mass is 429 g/mol. The van der Waals surface area contributed by atoms with Crippen molar-refractivity contribution < 1.29 is 18.8 Å². The molecular weight excluding hydrogens is 401 g/mol. The number of allylic oxidation sites excluding steroid dienone is 1. The van der Waals surface area contributed by atoms with Crippen LogP contribution in [-0.4, -0.2) is 53.0 Å². The molecule has 0 spiro atoms. The van der Waals surface area contributed by atoms with Crippen molar-refractivity contribution >= 4 is 29.1 Å². The fourth-order valence-electron chi connectivity index (χ4n) is 4.11. The Morgan fingerprint density at radius 1 is 1.26 bits per heavy atom. The average molecular weight is 429 g/mol. The van der Waals surface area contributed by atoms with E-state index in [1.165, 1.54) is 0 Å². The molecule has 1 saturated heterocycles. The molecule has 1 saturated carbocycles. The number of para-hydroxylation sites is 1. The second-order valence-electron chi connectivity index (χ2n) is 8.33. The Kier molecular flexibility index (Phi) is 6.42. The minimum atomic E-state index is -0.865. The van der Waals surface area contributed by atoms with Crippen LogP contribution in [0.25, 0.3) is 0 Å². The molecule has 3 amide bonds. The van der Waals surface area contributed by atoms with Gasteiger partial charge in [0.25, 0.3) is 5.91 Å². The maximum atomic E-state index is 14.1. The van der Waals surface area contributed by atoms with E-state index in [-0.39, 0.29) is 35.9 Å². The molecule has 1 aromatic rings. The molecule has 1 aromatic carbocycles. The normalized spacial score (nSPS) is 22.2. The molecule has 0 aromatic heterocycles. The van der Waals surface area contributed by atoms with E-state index in [0.29, 0.717) is 29.2 Å². The molecule has 3 rings (SSSR count). The van der Waals surface area contributed by atoms with Crippen molar-refractivity contribution in [2.75, 3.05) is 11.9 Å². The fourth-order valence-corrected chi connectivity index (χ4v) is 4.11. The van der Waals surface area contributed by atoms with Gasteiger partial charge in [0.2, 0.25) is 11.8 Å². The number of fused-ring (bicyclic) bond motifs is 1. The van der Waals surface area contributed by atoms with Crippen LogP contribution in [0.1, 0.15) is 39.2 Å². The molecule has 0 radical (unpaired) electrons. The first-order valence-electron chi connectivity index (χ1n) is 10.3. The van der Waals surface area contributed by atoms with Gasteiger partial charge in [-0.3, -0.25) is 19.8 Å². The Bertz CT molecular complexity index is 956. The number of nitrogens with one attached hydrogen (secondary N) is 3. The summed E-state index contributed by atoms with van der Waals surface area (Å²) in [7, 11) is 0. The lowest BCUT2D eigenvalue weighted by Crippen LogP contribution is -2.51. The van der Waals surface area contributed by atoms with Gasteiger partial charge in [0.1, 0.15) is 17.6 Å². The summed E-state index contributed by atoms with van der Waals surface area (Å²) in [5.41, 5.74) is 6.09. The smallest absolute Gasteiger partial charge is 0.267 e. The number of nitrogens with zero attached hydrogens (tertiary/aromatic N) is 1. The fraction of sp³-hybridized carbons (Fsp3) is 0.455. The second kappa shape index (κ2) is 8.87. The van der Waals surface area contributed by atoms with Crippen molar-refractivity contribution in [2.24, 2.45) is 11.7 Å². The molecule has 1 heterocycles. The Morgan fingerprint density at radius 2 is 1.94 bits per heavy atom. The van der Waals surface area contributed by atoms with Crippen LogP contribution in [-0.2, 0) is 14.4 Å². The third-order valence-electron chi connectivity index (χ3n) is 5.78. The van der Waals surface area contributed by atoms with Crippen molar-refractivity contribution in [1.29, 1.82) is 5.41 Å². The number of piperidine rings is 1. The first-order valence-corrected chi connectivity index (χ1v) is 10.3. The number of nitrogens with two attached hydrogens (primary N) is 1. The van der Waals surface area contributed by atoms with Gasteiger partial charge in [-0.1, -0.05) is 18.2 Å². The minimum absolute atomic E-state index is 0.0211. The molecule has 31 heavy (non-hydrogen) atoms. The largest absolute Gasteiger partial charge is 0.376 e. The maximum Gasteiger partial charge on any atom is 0.267 e. The maximum absolute atomic E-state index is 14.1. The van der Waals surface area contributed by atoms with Gasteiger partial charge in [-0.15, -0.1) is 0 Å². The standard InChI is InChI=1S/C22H28FN5O3/c1-11(2)19(23)12(3)27-22(31)17-9-13-8-16(13)28(17)18(29)10-26-15-7-5-4-6-14(15)20(24)21(25)30/h4-7,12-13,16-17,24,26H,8-10H2,1-3H3,(H2,25,30)(H,27,31)/t12-,13+,16+,17-/m0/s1. The third-order valence-corrected chi connectivity index (χ3v) is 5.78. The number of likely N-dealkylation sites (tertiary alicyclic amines) is 1. The van der Waals surface area contributed by atoms with Crippen LogP contribution in [0.4, 0.5) is 10.1 Å². The molecular formula is C22H28FN5O3. The van der Waals surface area contributed by atoms with Crippen LogP contribution in [0, 0.1) is 11.3 Å². The summed E-state index contributed by atoms with van der Waals surface area (Å²) in [5, 5.41) is 13.5. The zero-order valence-corrected chi connectivity index (χ0v) is 17.9. The molecule has 166 valence electrons. The van der Waals surface area contributed by atoms with Crippen molar-refractivity contribution in [3.05, 3.63) is 41.2 Å². The van der Waals surface area contributed by atoms with Crippen LogP contribution in [0.3, 0.4) is 0 Å². The van der Waals surface area contributed by atoms with Crippen molar-refractivity contribution in [3.8, 4) is 0 Å². The summed E-state index contributed by atoms with van der Waals surface area (Å²) in [6.07, 6.45) is 1.42. The SMILES string of the molecule is CC(C)=C(F)[C@H](C)NC(=O)[C@@H]1C[C@H]2C[C@H]2N1C(=O)CNc1ccccc1C(=N)C(N)=O. The number of anilines is 1. The number of amides is 3. The summed E-state index contributed by atoms with van der Waals surface area (Å²) in [6, 6.07) is 5.24. The minimum Gasteiger partial charge on any atom is -0.376 e. The summed E-state index contributed by atoms with van der Waals surface area (Å²) < 4.78 is 14.1. The highest BCUT2D eigenvalue weighted by Gasteiger charge is 2.55. The highest BCUT2D eigenvalue weighted by atomic mass is 19.1. The van der Waals surface area contributed by atoms with Gasteiger partial charge < -0.3 is 21.3 Å². The highest BCUT2D eigenvalue weighted by Crippen LogP contribution is 2.47. The topological polar surface area (TPSA) is 128 Å². The first kappa shape index (κ1) is 22.5. The van der Waals surface area contributed by atoms with Gasteiger partial charge in [0.05, 0.1) is 12.6 Å². The quantitative estimate of drug-likeness (QED) is 0.469. The summed E-state index contributed by atoms with van der Waals surface area (Å²) in [4.78, 5) is 38.7. The summed E-state index contributed by atoms with van der Waals surface area (Å²) in [6.45, 7) is 4.75. The van der Waals surface area contributed by atoms with Crippen LogP contribution in [0.15, 0.2) is 35.7 Å². The Hall–Kier alpha value is -3.23. The van der Waals surface area contributed by atoms with Gasteiger partial charge >= 0.3 is 0 Å². The van der Waals surface area contributed by atoms with Crippen LogP contribution in [0.5, 0.6) is 0 Å². The van der Waals surface area contributed by atoms with Crippen molar-refractivity contribution in [3.63, 3.8) is 0 Å². The van der Waals surface area contributed by atoms with Gasteiger partial charge in [-0.2, -0.15) is 0 Å². The predicted octanol–water partition coefficient (Wildman–Crippen LogP) is 1.71. The zero-order valence-electron chi connectivity index (χ0n) is 17.9. The number of primary amides is 1. The van der Waals surface area contributed by atoms with Crippen LogP contribution in [0.2, 0.25) is 0 Å². The lowest BCUT2D eigenvalue weighted by atomic mass is 10.1. The lowest BCUT2D eigenvalue weighted by molar-refractivity contribution is -0.138. The Morgan fingerprint density at radius 3 is 2.58 bits per heavy atom. The van der Waals surface area contributed by atoms with Gasteiger partial charge in [0.15, 0.2) is 0 Å². The Labute approximate surface area is 180 Å². The number of hydrogen-bond donors (Lipinski definition) is 4. The van der Waals surface area contributed by atoms with E-state index in [2.05, 4.69) is 10.6 Å². The predicted molar refractivity (Wildman–Crippen MR) is 115 cm³/mol. The molecule has 1 aliphatic carbocycles. The second-order valence-corrected chi connectivity index (χ2v) is 8.33. The van der Waals surface area contributed by atoms with Gasteiger partial charge in [0, 0.05) is 17.3 Å². The number of rotatable bonds is 8. The van der Waals surface area contributed by atoms with E-state index < -0.39 is 18.0 Å². The molecule has 1 aliphatic heterocycles. The number of benzene rings is 1.